The minimum atomic E-state index is 0.511. The highest BCUT2D eigenvalue weighted by Crippen LogP contribution is 2.58. The molecule has 2 atom stereocenters. The third kappa shape index (κ3) is 1.90. The SMILES string of the molecule is Clc1nc2cccccc-2c1[C@H]1C[C@@H]1c1ccccc1. The minimum absolute atomic E-state index is 0.511. The van der Waals surface area contributed by atoms with Crippen molar-refractivity contribution in [3.05, 3.63) is 76.9 Å². The average molecular weight is 280 g/mol. The lowest BCUT2D eigenvalue weighted by atomic mass is 10.0. The van der Waals surface area contributed by atoms with Gasteiger partial charge in [-0.25, -0.2) is 4.98 Å². The maximum atomic E-state index is 6.39. The van der Waals surface area contributed by atoms with E-state index >= 15 is 0 Å². The van der Waals surface area contributed by atoms with E-state index < -0.39 is 0 Å². The Balaban J connectivity index is 1.74. The highest BCUT2D eigenvalue weighted by Gasteiger charge is 2.43. The van der Waals surface area contributed by atoms with Crippen LogP contribution in [-0.2, 0) is 0 Å². The summed E-state index contributed by atoms with van der Waals surface area (Å²) in [6.07, 6.45) is 1.17. The molecule has 0 spiro atoms. The largest absolute Gasteiger partial charge is 0.236 e. The predicted molar refractivity (Wildman–Crippen MR) is 82.4 cm³/mol. The molecule has 0 amide bonds. The number of aromatic nitrogens is 1. The molecule has 0 radical (unpaired) electrons. The minimum Gasteiger partial charge on any atom is -0.236 e. The van der Waals surface area contributed by atoms with Crippen molar-refractivity contribution in [1.82, 2.24) is 4.98 Å². The summed E-state index contributed by atoms with van der Waals surface area (Å²) in [5.41, 5.74) is 4.83. The zero-order valence-electron chi connectivity index (χ0n) is 11.0. The molecule has 1 nitrogen and oxygen atoms in total. The van der Waals surface area contributed by atoms with Crippen LogP contribution in [0.5, 0.6) is 0 Å². The molecule has 1 aromatic carbocycles. The summed E-state index contributed by atoms with van der Waals surface area (Å²) in [7, 11) is 0. The van der Waals surface area contributed by atoms with Gasteiger partial charge in [-0.3, -0.25) is 0 Å². The summed E-state index contributed by atoms with van der Waals surface area (Å²) in [6.45, 7) is 0. The Morgan fingerprint density at radius 2 is 1.55 bits per heavy atom. The molecule has 0 N–H and O–H groups in total. The van der Waals surface area contributed by atoms with Crippen LogP contribution in [0, 0.1) is 0 Å². The van der Waals surface area contributed by atoms with E-state index in [0.717, 1.165) is 5.69 Å². The zero-order chi connectivity index (χ0) is 13.5. The average Bonchev–Trinajstić information content (AvgIpc) is 3.23. The van der Waals surface area contributed by atoms with Crippen molar-refractivity contribution < 1.29 is 0 Å². The maximum Gasteiger partial charge on any atom is 0.133 e. The van der Waals surface area contributed by atoms with E-state index in [4.69, 9.17) is 11.6 Å². The van der Waals surface area contributed by atoms with Gasteiger partial charge in [0.15, 0.2) is 0 Å². The normalized spacial score (nSPS) is 21.1. The molecule has 4 rings (SSSR count). The molecule has 2 aliphatic carbocycles. The summed E-state index contributed by atoms with van der Waals surface area (Å²) in [6, 6.07) is 20.9. The van der Waals surface area contributed by atoms with E-state index in [9.17, 15) is 0 Å². The summed E-state index contributed by atoms with van der Waals surface area (Å²) in [5.74, 6) is 1.10. The monoisotopic (exact) mass is 279 g/mol. The van der Waals surface area contributed by atoms with Crippen molar-refractivity contribution in [2.45, 2.75) is 18.3 Å². The van der Waals surface area contributed by atoms with Gasteiger partial charge in [-0.05, 0) is 29.9 Å². The van der Waals surface area contributed by atoms with Crippen molar-refractivity contribution in [2.75, 3.05) is 0 Å². The number of benzene rings is 1. The Morgan fingerprint density at radius 3 is 2.35 bits per heavy atom. The third-order valence-corrected chi connectivity index (χ3v) is 4.42. The molecular weight excluding hydrogens is 266 g/mol. The van der Waals surface area contributed by atoms with E-state index in [0.29, 0.717) is 17.0 Å². The first-order valence-corrected chi connectivity index (χ1v) is 7.31. The first-order chi connectivity index (χ1) is 9.84. The van der Waals surface area contributed by atoms with Gasteiger partial charge >= 0.3 is 0 Å². The molecule has 20 heavy (non-hydrogen) atoms. The zero-order valence-corrected chi connectivity index (χ0v) is 11.7. The number of halogens is 1. The van der Waals surface area contributed by atoms with Gasteiger partial charge in [-0.2, -0.15) is 0 Å². The molecule has 3 aliphatic rings. The topological polar surface area (TPSA) is 12.9 Å². The molecule has 1 heterocycles. The van der Waals surface area contributed by atoms with Crippen LogP contribution in [-0.4, -0.2) is 4.98 Å². The number of fused-ring (bicyclic) bond motifs is 1. The molecule has 0 unspecified atom stereocenters. The Kier molecular flexibility index (Phi) is 2.75. The van der Waals surface area contributed by atoms with Crippen molar-refractivity contribution in [3.63, 3.8) is 0 Å². The molecule has 0 saturated heterocycles. The molecule has 98 valence electrons. The van der Waals surface area contributed by atoms with E-state index in [1.165, 1.54) is 23.1 Å². The second-order valence-corrected chi connectivity index (χ2v) is 5.74. The lowest BCUT2D eigenvalue weighted by molar-refractivity contribution is 1.03. The van der Waals surface area contributed by atoms with Gasteiger partial charge in [0.05, 0.1) is 5.69 Å². The fraction of sp³-hybridized carbons (Fsp3) is 0.167. The molecular formula is C18H14ClN. The van der Waals surface area contributed by atoms with Crippen molar-refractivity contribution >= 4 is 11.6 Å². The van der Waals surface area contributed by atoms with Crippen molar-refractivity contribution in [3.8, 4) is 11.3 Å². The Labute approximate surface area is 123 Å². The van der Waals surface area contributed by atoms with Crippen molar-refractivity contribution in [1.29, 1.82) is 0 Å². The van der Waals surface area contributed by atoms with E-state index in [1.807, 2.05) is 18.2 Å². The Morgan fingerprint density at radius 1 is 0.850 bits per heavy atom. The lowest BCUT2D eigenvalue weighted by Crippen LogP contribution is -1.84. The number of rotatable bonds is 2. The van der Waals surface area contributed by atoms with Crippen LogP contribution in [0.2, 0.25) is 5.15 Å². The van der Waals surface area contributed by atoms with Gasteiger partial charge in [-0.15, -0.1) is 0 Å². The third-order valence-electron chi connectivity index (χ3n) is 4.14. The quantitative estimate of drug-likeness (QED) is 0.635. The Hall–Kier alpha value is -1.86. The summed E-state index contributed by atoms with van der Waals surface area (Å²) in [5, 5.41) is 0.676. The summed E-state index contributed by atoms with van der Waals surface area (Å²) in [4.78, 5) is 4.51. The van der Waals surface area contributed by atoms with Crippen LogP contribution in [0.4, 0.5) is 0 Å². The van der Waals surface area contributed by atoms with Gasteiger partial charge in [0, 0.05) is 11.1 Å². The van der Waals surface area contributed by atoms with Gasteiger partial charge in [0.1, 0.15) is 5.15 Å². The molecule has 1 aromatic rings. The molecule has 1 fully saturated rings. The molecule has 0 aromatic heterocycles. The van der Waals surface area contributed by atoms with Crippen LogP contribution in [0.15, 0.2) is 60.7 Å². The Bertz CT molecular complexity index is 723. The summed E-state index contributed by atoms with van der Waals surface area (Å²) >= 11 is 6.39. The van der Waals surface area contributed by atoms with Crippen LogP contribution in [0.25, 0.3) is 11.3 Å². The maximum absolute atomic E-state index is 6.39. The molecule has 2 heteroatoms. The molecule has 0 bridgehead atoms. The van der Waals surface area contributed by atoms with Crippen molar-refractivity contribution in [2.24, 2.45) is 0 Å². The highest BCUT2D eigenvalue weighted by molar-refractivity contribution is 6.31. The smallest absolute Gasteiger partial charge is 0.133 e. The van der Waals surface area contributed by atoms with Crippen LogP contribution >= 0.6 is 11.6 Å². The van der Waals surface area contributed by atoms with Gasteiger partial charge in [0.25, 0.3) is 0 Å². The van der Waals surface area contributed by atoms with E-state index in [2.05, 4.69) is 47.4 Å². The highest BCUT2D eigenvalue weighted by atomic mass is 35.5. The van der Waals surface area contributed by atoms with Gasteiger partial charge < -0.3 is 0 Å². The van der Waals surface area contributed by atoms with Crippen LogP contribution < -0.4 is 0 Å². The van der Waals surface area contributed by atoms with E-state index in [-0.39, 0.29) is 0 Å². The molecule has 1 saturated carbocycles. The molecule has 1 aliphatic heterocycles. The second-order valence-electron chi connectivity index (χ2n) is 5.39. The van der Waals surface area contributed by atoms with Crippen LogP contribution in [0.3, 0.4) is 0 Å². The number of hydrogen-bond acceptors (Lipinski definition) is 1. The van der Waals surface area contributed by atoms with Gasteiger partial charge in [0.2, 0.25) is 0 Å². The van der Waals surface area contributed by atoms with Crippen LogP contribution in [0.1, 0.15) is 29.4 Å². The fourth-order valence-electron chi connectivity index (χ4n) is 3.08. The van der Waals surface area contributed by atoms with Gasteiger partial charge in [-0.1, -0.05) is 66.2 Å². The first kappa shape index (κ1) is 11.9. The number of nitrogens with zero attached hydrogens (tertiary/aromatic N) is 1. The lowest BCUT2D eigenvalue weighted by Gasteiger charge is -2.01. The summed E-state index contributed by atoms with van der Waals surface area (Å²) < 4.78 is 0. The second kappa shape index (κ2) is 4.60. The first-order valence-electron chi connectivity index (χ1n) is 6.93. The fourth-order valence-corrected chi connectivity index (χ4v) is 3.41. The van der Waals surface area contributed by atoms with E-state index in [1.54, 1.807) is 0 Å². The number of hydrogen-bond donors (Lipinski definition) is 0. The standard InChI is InChI=1S/C18H14ClN/c19-18-17(13-9-5-2-6-10-16(13)20-18)15-11-14(15)12-7-3-1-4-8-12/h1-10,14-15H,11H2/t14-,15+/m1/s1. The predicted octanol–water partition coefficient (Wildman–Crippen LogP) is 5.11.